The van der Waals surface area contributed by atoms with E-state index in [1.165, 1.54) is 21.9 Å². The summed E-state index contributed by atoms with van der Waals surface area (Å²) in [5.74, 6) is 0.0562. The second kappa shape index (κ2) is 9.59. The Kier molecular flexibility index (Phi) is 5.99. The number of ether oxygens (including phenoxy) is 1. The van der Waals surface area contributed by atoms with Gasteiger partial charge in [0, 0.05) is 25.1 Å². The number of anilines is 1. The van der Waals surface area contributed by atoms with Gasteiger partial charge < -0.3 is 9.64 Å². The molecule has 1 atom stereocenters. The Balaban J connectivity index is 1.37. The van der Waals surface area contributed by atoms with Gasteiger partial charge in [0.15, 0.2) is 0 Å². The van der Waals surface area contributed by atoms with E-state index < -0.39 is 0 Å². The molecule has 0 bridgehead atoms. The molecule has 1 fully saturated rings. The molecule has 6 rings (SSSR count). The monoisotopic (exact) mass is 475 g/mol. The molecule has 1 saturated heterocycles. The van der Waals surface area contributed by atoms with E-state index in [4.69, 9.17) is 9.84 Å². The lowest BCUT2D eigenvalue weighted by Crippen LogP contribution is -2.40. The number of hydrogen-bond acceptors (Lipinski definition) is 4. The highest BCUT2D eigenvalue weighted by Crippen LogP contribution is 2.39. The minimum Gasteiger partial charge on any atom is -0.378 e. The first-order valence-corrected chi connectivity index (χ1v) is 12.6. The zero-order valence-electron chi connectivity index (χ0n) is 20.4. The van der Waals surface area contributed by atoms with Gasteiger partial charge >= 0.3 is 0 Å². The van der Waals surface area contributed by atoms with Gasteiger partial charge in [-0.3, -0.25) is 9.80 Å². The number of benzene rings is 4. The number of carbonyl (C=O) groups excluding carboxylic acids is 1. The topological polar surface area (TPSA) is 45.1 Å². The lowest BCUT2D eigenvalue weighted by atomic mass is 9.93. The minimum atomic E-state index is 0.0562. The van der Waals surface area contributed by atoms with Gasteiger partial charge in [-0.25, -0.2) is 0 Å². The van der Waals surface area contributed by atoms with Crippen molar-refractivity contribution in [1.29, 1.82) is 0 Å². The fourth-order valence-corrected chi connectivity index (χ4v) is 5.16. The van der Waals surface area contributed by atoms with Crippen molar-refractivity contribution >= 4 is 28.1 Å². The number of fused-ring (bicyclic) bond motifs is 1. The van der Waals surface area contributed by atoms with E-state index in [2.05, 4.69) is 78.7 Å². The largest absolute Gasteiger partial charge is 0.378 e. The number of morpholine rings is 1. The summed E-state index contributed by atoms with van der Waals surface area (Å²) in [7, 11) is 0. The van der Waals surface area contributed by atoms with Crippen LogP contribution in [0.2, 0.25) is 0 Å². The van der Waals surface area contributed by atoms with Crippen LogP contribution >= 0.6 is 0 Å². The number of hydrazone groups is 1. The van der Waals surface area contributed by atoms with Crippen LogP contribution < -0.4 is 5.01 Å². The minimum absolute atomic E-state index is 0.0562. The van der Waals surface area contributed by atoms with Gasteiger partial charge in [-0.2, -0.15) is 5.10 Å². The lowest BCUT2D eigenvalue weighted by molar-refractivity contribution is 0.0303. The Labute approximate surface area is 211 Å². The average molecular weight is 476 g/mol. The number of nitrogens with zero attached hydrogens (tertiary/aromatic N) is 3. The van der Waals surface area contributed by atoms with Crippen molar-refractivity contribution in [1.82, 2.24) is 4.90 Å². The third kappa shape index (κ3) is 4.27. The van der Waals surface area contributed by atoms with Gasteiger partial charge in [0.2, 0.25) is 0 Å². The second-order valence-corrected chi connectivity index (χ2v) is 9.50. The van der Waals surface area contributed by atoms with E-state index in [0.717, 1.165) is 23.4 Å². The fourth-order valence-electron chi connectivity index (χ4n) is 5.16. The van der Waals surface area contributed by atoms with E-state index in [0.29, 0.717) is 31.9 Å². The lowest BCUT2D eigenvalue weighted by Gasteiger charge is -2.27. The van der Waals surface area contributed by atoms with Crippen molar-refractivity contribution in [3.63, 3.8) is 0 Å². The highest BCUT2D eigenvalue weighted by Gasteiger charge is 2.31. The maximum absolute atomic E-state index is 13.0. The number of amides is 1. The van der Waals surface area contributed by atoms with Crippen LogP contribution in [0.25, 0.3) is 10.8 Å². The molecule has 0 aliphatic carbocycles. The first kappa shape index (κ1) is 22.5. The first-order valence-electron chi connectivity index (χ1n) is 12.6. The van der Waals surface area contributed by atoms with Crippen molar-refractivity contribution < 1.29 is 9.53 Å². The molecule has 36 heavy (non-hydrogen) atoms. The molecule has 2 aliphatic heterocycles. The Morgan fingerprint density at radius 2 is 1.58 bits per heavy atom. The van der Waals surface area contributed by atoms with Crippen LogP contribution in [0.3, 0.4) is 0 Å². The standard InChI is InChI=1S/C31H29N3O2/c1-22-9-11-24(12-10-22)29-21-30(28-8-4-6-23-5-2-3-7-27(23)28)34(32-29)26-15-13-25(14-16-26)31(35)33-17-19-36-20-18-33/h2-16,30H,17-21H2,1H3. The maximum Gasteiger partial charge on any atom is 0.254 e. The highest BCUT2D eigenvalue weighted by molar-refractivity contribution is 6.04. The molecule has 1 unspecified atom stereocenters. The van der Waals surface area contributed by atoms with E-state index in [-0.39, 0.29) is 11.9 Å². The molecule has 4 aromatic carbocycles. The third-order valence-electron chi connectivity index (χ3n) is 7.15. The van der Waals surface area contributed by atoms with Crippen LogP contribution in [0.4, 0.5) is 5.69 Å². The molecule has 0 spiro atoms. The van der Waals surface area contributed by atoms with Crippen LogP contribution in [0.5, 0.6) is 0 Å². The quantitative estimate of drug-likeness (QED) is 0.365. The molecule has 0 aromatic heterocycles. The van der Waals surface area contributed by atoms with Crippen LogP contribution in [0.1, 0.15) is 39.5 Å². The van der Waals surface area contributed by atoms with Gasteiger partial charge in [-0.05, 0) is 53.1 Å². The molecule has 2 heterocycles. The summed E-state index contributed by atoms with van der Waals surface area (Å²) in [6.45, 7) is 4.58. The SMILES string of the molecule is Cc1ccc(C2=NN(c3ccc(C(=O)N4CCOCC4)cc3)C(c3cccc4ccccc34)C2)cc1. The van der Waals surface area contributed by atoms with E-state index in [9.17, 15) is 4.79 Å². The van der Waals surface area contributed by atoms with E-state index >= 15 is 0 Å². The second-order valence-electron chi connectivity index (χ2n) is 9.50. The van der Waals surface area contributed by atoms with Crippen LogP contribution in [0, 0.1) is 6.92 Å². The number of rotatable bonds is 4. The summed E-state index contributed by atoms with van der Waals surface area (Å²) in [5, 5.41) is 9.72. The first-order chi connectivity index (χ1) is 17.7. The average Bonchev–Trinajstić information content (AvgIpc) is 3.38. The summed E-state index contributed by atoms with van der Waals surface area (Å²) in [4.78, 5) is 14.8. The van der Waals surface area contributed by atoms with Gasteiger partial charge in [-0.1, -0.05) is 72.3 Å². The molecule has 180 valence electrons. The third-order valence-corrected chi connectivity index (χ3v) is 7.15. The molecule has 5 nitrogen and oxygen atoms in total. The summed E-state index contributed by atoms with van der Waals surface area (Å²) in [5.41, 5.74) is 6.39. The zero-order valence-corrected chi connectivity index (χ0v) is 20.4. The summed E-state index contributed by atoms with van der Waals surface area (Å²) in [6, 6.07) is 31.6. The Hall–Kier alpha value is -3.96. The smallest absolute Gasteiger partial charge is 0.254 e. The summed E-state index contributed by atoms with van der Waals surface area (Å²) >= 11 is 0. The van der Waals surface area contributed by atoms with Gasteiger partial charge in [0.05, 0.1) is 30.7 Å². The predicted octanol–water partition coefficient (Wildman–Crippen LogP) is 5.98. The zero-order chi connectivity index (χ0) is 24.5. The number of carbonyl (C=O) groups is 1. The van der Waals surface area contributed by atoms with Crippen molar-refractivity contribution in [3.05, 3.63) is 113 Å². The molecule has 1 amide bonds. The van der Waals surface area contributed by atoms with Crippen molar-refractivity contribution in [2.24, 2.45) is 5.10 Å². The fraction of sp³-hybridized carbons (Fsp3) is 0.226. The molecule has 4 aromatic rings. The maximum atomic E-state index is 13.0. The van der Waals surface area contributed by atoms with Crippen molar-refractivity contribution in [3.8, 4) is 0 Å². The Bertz CT molecular complexity index is 1420. The van der Waals surface area contributed by atoms with E-state index in [1.807, 2.05) is 29.2 Å². The van der Waals surface area contributed by atoms with Crippen molar-refractivity contribution in [2.45, 2.75) is 19.4 Å². The Morgan fingerprint density at radius 1 is 0.861 bits per heavy atom. The molecule has 5 heteroatoms. The van der Waals surface area contributed by atoms with Crippen LogP contribution in [-0.2, 0) is 4.74 Å². The van der Waals surface area contributed by atoms with Gasteiger partial charge in [0.25, 0.3) is 5.91 Å². The number of hydrogen-bond donors (Lipinski definition) is 0. The van der Waals surface area contributed by atoms with Gasteiger partial charge in [0.1, 0.15) is 0 Å². The van der Waals surface area contributed by atoms with E-state index in [1.54, 1.807) is 0 Å². The number of aryl methyl sites for hydroxylation is 1. The van der Waals surface area contributed by atoms with Gasteiger partial charge in [-0.15, -0.1) is 0 Å². The van der Waals surface area contributed by atoms with Crippen LogP contribution in [0.15, 0.2) is 96.1 Å². The van der Waals surface area contributed by atoms with Crippen molar-refractivity contribution in [2.75, 3.05) is 31.3 Å². The molecule has 2 aliphatic rings. The summed E-state index contributed by atoms with van der Waals surface area (Å²) < 4.78 is 5.39. The Morgan fingerprint density at radius 3 is 2.36 bits per heavy atom. The molecule has 0 saturated carbocycles. The summed E-state index contributed by atoms with van der Waals surface area (Å²) in [6.07, 6.45) is 0.811. The molecular weight excluding hydrogens is 446 g/mol. The molecule has 0 N–H and O–H groups in total. The highest BCUT2D eigenvalue weighted by atomic mass is 16.5. The molecule has 0 radical (unpaired) electrons. The van der Waals surface area contributed by atoms with Crippen LogP contribution in [-0.4, -0.2) is 42.8 Å². The normalized spacial score (nSPS) is 17.9. The molecular formula is C31H29N3O2. The predicted molar refractivity (Wildman–Crippen MR) is 145 cm³/mol.